The molecular formula is C24H27BFNO4. The smallest absolute Gasteiger partial charge is 0.494 e. The third kappa shape index (κ3) is 3.01. The molecule has 7 heteroatoms. The topological polar surface area (TPSA) is 48.0 Å². The minimum atomic E-state index is -0.661. The normalized spacial score (nSPS) is 22.2. The van der Waals surface area contributed by atoms with E-state index in [2.05, 4.69) is 0 Å². The average Bonchev–Trinajstić information content (AvgIpc) is 3.44. The molecule has 162 valence electrons. The van der Waals surface area contributed by atoms with E-state index in [1.807, 2.05) is 58.0 Å². The van der Waals surface area contributed by atoms with E-state index >= 15 is 4.39 Å². The fraction of sp³-hybridized carbons (Fsp3) is 0.458. The molecule has 2 aromatic carbocycles. The molecule has 2 heterocycles. The van der Waals surface area contributed by atoms with Gasteiger partial charge in [-0.2, -0.15) is 0 Å². The Morgan fingerprint density at radius 3 is 2.23 bits per heavy atom. The summed E-state index contributed by atoms with van der Waals surface area (Å²) in [6, 6.07) is 10.9. The van der Waals surface area contributed by atoms with Gasteiger partial charge in [0.05, 0.1) is 36.0 Å². The lowest BCUT2D eigenvalue weighted by molar-refractivity contribution is -0.120. The zero-order valence-electron chi connectivity index (χ0n) is 18.6. The molecule has 1 amide bonds. The summed E-state index contributed by atoms with van der Waals surface area (Å²) >= 11 is 0. The molecule has 3 aliphatic rings. The second kappa shape index (κ2) is 6.56. The van der Waals surface area contributed by atoms with Crippen LogP contribution in [0.4, 0.5) is 10.1 Å². The van der Waals surface area contributed by atoms with E-state index in [0.717, 1.165) is 29.7 Å². The van der Waals surface area contributed by atoms with Crippen LogP contribution in [0.15, 0.2) is 36.4 Å². The van der Waals surface area contributed by atoms with Gasteiger partial charge in [0, 0.05) is 0 Å². The van der Waals surface area contributed by atoms with Gasteiger partial charge in [0.25, 0.3) is 0 Å². The van der Waals surface area contributed by atoms with Gasteiger partial charge in [-0.25, -0.2) is 4.39 Å². The molecule has 2 aromatic rings. The van der Waals surface area contributed by atoms with Gasteiger partial charge in [0.1, 0.15) is 11.6 Å². The van der Waals surface area contributed by atoms with Gasteiger partial charge in [0.2, 0.25) is 5.91 Å². The summed E-state index contributed by atoms with van der Waals surface area (Å²) < 4.78 is 32.9. The molecule has 0 radical (unpaired) electrons. The molecule has 1 saturated carbocycles. The summed E-state index contributed by atoms with van der Waals surface area (Å²) in [5, 5.41) is 0. The van der Waals surface area contributed by atoms with Gasteiger partial charge in [-0.1, -0.05) is 18.2 Å². The molecule has 5 nitrogen and oxygen atoms in total. The molecule has 0 aromatic heterocycles. The Morgan fingerprint density at radius 1 is 1.06 bits per heavy atom. The highest BCUT2D eigenvalue weighted by molar-refractivity contribution is 6.62. The number of carbonyl (C=O) groups excluding carboxylic acids is 1. The highest BCUT2D eigenvalue weighted by Gasteiger charge is 2.61. The lowest BCUT2D eigenvalue weighted by Crippen LogP contribution is -2.41. The number of methoxy groups -OCH3 is 1. The molecule has 1 saturated heterocycles. The van der Waals surface area contributed by atoms with Gasteiger partial charge in [-0.3, -0.25) is 4.79 Å². The number of anilines is 1. The van der Waals surface area contributed by atoms with Crippen molar-refractivity contribution in [3.05, 3.63) is 53.3 Å². The predicted octanol–water partition coefficient (Wildman–Crippen LogP) is 3.71. The average molecular weight is 423 g/mol. The largest absolute Gasteiger partial charge is 0.497 e. The van der Waals surface area contributed by atoms with E-state index in [9.17, 15) is 4.79 Å². The van der Waals surface area contributed by atoms with Crippen molar-refractivity contribution < 1.29 is 23.2 Å². The van der Waals surface area contributed by atoms with Crippen LogP contribution in [0, 0.1) is 5.82 Å². The maximum absolute atomic E-state index is 15.5. The number of halogens is 1. The highest BCUT2D eigenvalue weighted by Crippen LogP contribution is 2.58. The number of fused-ring (bicyclic) bond motifs is 2. The molecule has 0 atom stereocenters. The van der Waals surface area contributed by atoms with E-state index in [-0.39, 0.29) is 5.91 Å². The van der Waals surface area contributed by atoms with Crippen molar-refractivity contribution in [2.24, 2.45) is 0 Å². The third-order valence-electron chi connectivity index (χ3n) is 7.30. The standard InChI is InChI=1S/C24H27BFNO4/c1-22(2)23(3,4)31-25(30-22)16-12-18-20(19(26)13-16)27(21(28)24(18)10-11-24)14-15-6-8-17(29-5)9-7-15/h6-9,12-13H,10-11,14H2,1-5H3. The van der Waals surface area contributed by atoms with Crippen molar-refractivity contribution in [1.82, 2.24) is 0 Å². The molecule has 0 N–H and O–H groups in total. The van der Waals surface area contributed by atoms with Gasteiger partial charge < -0.3 is 18.9 Å². The SMILES string of the molecule is COc1ccc(CN2C(=O)C3(CC3)c3cc(B4OC(C)(C)C(C)(C)O4)cc(F)c32)cc1. The molecular weight excluding hydrogens is 396 g/mol. The van der Waals surface area contributed by atoms with Gasteiger partial charge in [-0.05, 0) is 75.3 Å². The molecule has 1 aliphatic carbocycles. The zero-order chi connectivity index (χ0) is 22.2. The summed E-state index contributed by atoms with van der Waals surface area (Å²) in [5.41, 5.74) is 1.06. The van der Waals surface area contributed by atoms with Crippen molar-refractivity contribution >= 4 is 24.2 Å². The zero-order valence-corrected chi connectivity index (χ0v) is 18.6. The van der Waals surface area contributed by atoms with Crippen molar-refractivity contribution in [1.29, 1.82) is 0 Å². The molecule has 5 rings (SSSR count). The maximum atomic E-state index is 15.5. The van der Waals surface area contributed by atoms with Crippen LogP contribution in [0.1, 0.15) is 51.7 Å². The molecule has 2 aliphatic heterocycles. The number of hydrogen-bond donors (Lipinski definition) is 0. The molecule has 31 heavy (non-hydrogen) atoms. The Bertz CT molecular complexity index is 1050. The third-order valence-corrected chi connectivity index (χ3v) is 7.30. The Balaban J connectivity index is 1.51. The van der Waals surface area contributed by atoms with Crippen LogP contribution in [0.3, 0.4) is 0 Å². The van der Waals surface area contributed by atoms with Crippen molar-refractivity contribution in [2.45, 2.75) is 63.7 Å². The van der Waals surface area contributed by atoms with E-state index in [0.29, 0.717) is 17.7 Å². The van der Waals surface area contributed by atoms with Crippen LogP contribution in [-0.4, -0.2) is 31.3 Å². The van der Waals surface area contributed by atoms with E-state index < -0.39 is 29.6 Å². The first-order valence-electron chi connectivity index (χ1n) is 10.7. The van der Waals surface area contributed by atoms with Crippen molar-refractivity contribution in [3.8, 4) is 5.75 Å². The van der Waals surface area contributed by atoms with E-state index in [1.165, 1.54) is 6.07 Å². The second-order valence-corrected chi connectivity index (χ2v) is 9.81. The van der Waals surface area contributed by atoms with E-state index in [4.69, 9.17) is 14.0 Å². The maximum Gasteiger partial charge on any atom is 0.494 e. The van der Waals surface area contributed by atoms with Crippen molar-refractivity contribution in [2.75, 3.05) is 12.0 Å². The Kier molecular flexibility index (Phi) is 4.34. The first-order valence-corrected chi connectivity index (χ1v) is 10.7. The summed E-state index contributed by atoms with van der Waals surface area (Å²) in [4.78, 5) is 14.9. The molecule has 0 unspecified atom stereocenters. The minimum absolute atomic E-state index is 0.0247. The van der Waals surface area contributed by atoms with Crippen molar-refractivity contribution in [3.63, 3.8) is 0 Å². The lowest BCUT2D eigenvalue weighted by Gasteiger charge is -2.32. The second-order valence-electron chi connectivity index (χ2n) is 9.81. The van der Waals surface area contributed by atoms with E-state index in [1.54, 1.807) is 12.0 Å². The number of ether oxygens (including phenoxy) is 1. The van der Waals surface area contributed by atoms with Crippen LogP contribution >= 0.6 is 0 Å². The summed E-state index contributed by atoms with van der Waals surface area (Å²) in [7, 11) is 0.949. The first-order chi connectivity index (χ1) is 14.6. The first kappa shape index (κ1) is 20.5. The van der Waals surface area contributed by atoms with Crippen LogP contribution in [0.25, 0.3) is 0 Å². The Morgan fingerprint density at radius 2 is 1.68 bits per heavy atom. The Labute approximate surface area is 182 Å². The van der Waals surface area contributed by atoms with Gasteiger partial charge in [-0.15, -0.1) is 0 Å². The highest BCUT2D eigenvalue weighted by atomic mass is 19.1. The van der Waals surface area contributed by atoms with Crippen LogP contribution in [0.2, 0.25) is 0 Å². The van der Waals surface area contributed by atoms with Crippen LogP contribution < -0.4 is 15.1 Å². The number of nitrogens with zero attached hydrogens (tertiary/aromatic N) is 1. The molecule has 0 bridgehead atoms. The van der Waals surface area contributed by atoms with Gasteiger partial charge in [0.15, 0.2) is 0 Å². The summed E-state index contributed by atoms with van der Waals surface area (Å²) in [6.45, 7) is 8.21. The molecule has 1 spiro atoms. The molecule has 2 fully saturated rings. The van der Waals surface area contributed by atoms with Crippen LogP contribution in [-0.2, 0) is 26.1 Å². The quantitative estimate of drug-likeness (QED) is 0.704. The number of benzene rings is 2. The lowest BCUT2D eigenvalue weighted by atomic mass is 9.77. The summed E-state index contributed by atoms with van der Waals surface area (Å²) in [5.74, 6) is 0.310. The fourth-order valence-electron chi connectivity index (χ4n) is 4.52. The number of amides is 1. The monoisotopic (exact) mass is 423 g/mol. The minimum Gasteiger partial charge on any atom is -0.497 e. The number of carbonyl (C=O) groups is 1. The Hall–Kier alpha value is -2.38. The van der Waals surface area contributed by atoms with Gasteiger partial charge >= 0.3 is 7.12 Å². The summed E-state index contributed by atoms with van der Waals surface area (Å²) in [6.07, 6.45) is 1.48. The van der Waals surface area contributed by atoms with Crippen LogP contribution in [0.5, 0.6) is 5.75 Å². The predicted molar refractivity (Wildman–Crippen MR) is 117 cm³/mol. The fourth-order valence-corrected chi connectivity index (χ4v) is 4.52. The number of rotatable bonds is 4. The number of hydrogen-bond acceptors (Lipinski definition) is 4.